The summed E-state index contributed by atoms with van der Waals surface area (Å²) < 4.78 is 5.41. The number of hydrogen-bond acceptors (Lipinski definition) is 2. The lowest BCUT2D eigenvalue weighted by Gasteiger charge is -2.27. The third-order valence-electron chi connectivity index (χ3n) is 3.57. The third kappa shape index (κ3) is 8.88. The Morgan fingerprint density at radius 3 is 2.43 bits per heavy atom. The second-order valence-corrected chi connectivity index (χ2v) is 6.92. The van der Waals surface area contributed by atoms with Gasteiger partial charge in [-0.3, -0.25) is 4.79 Å². The van der Waals surface area contributed by atoms with Crippen LogP contribution in [-0.4, -0.2) is 12.1 Å². The van der Waals surface area contributed by atoms with E-state index >= 15 is 0 Å². The summed E-state index contributed by atoms with van der Waals surface area (Å²) in [5.41, 5.74) is 2.34. The highest BCUT2D eigenvalue weighted by Gasteiger charge is 2.23. The zero-order valence-electron chi connectivity index (χ0n) is 15.0. The van der Waals surface area contributed by atoms with Crippen LogP contribution in [-0.2, 0) is 9.53 Å². The van der Waals surface area contributed by atoms with Crippen molar-refractivity contribution in [3.8, 4) is 11.8 Å². The molecule has 0 aromatic heterocycles. The van der Waals surface area contributed by atoms with Gasteiger partial charge in [-0.1, -0.05) is 55.5 Å². The van der Waals surface area contributed by atoms with Crippen molar-refractivity contribution in [3.63, 3.8) is 0 Å². The van der Waals surface area contributed by atoms with Gasteiger partial charge in [-0.05, 0) is 44.2 Å². The van der Waals surface area contributed by atoms with Crippen molar-refractivity contribution in [1.82, 2.24) is 0 Å². The van der Waals surface area contributed by atoms with Crippen LogP contribution in [0.3, 0.4) is 0 Å². The van der Waals surface area contributed by atoms with Crippen LogP contribution in [0.25, 0.3) is 0 Å². The Morgan fingerprint density at radius 2 is 1.87 bits per heavy atom. The standard InChI is InChI=1S/C21H28O2/c1-17(2)10-9-15-21(4,5)16-20(23-18(3)22)14-13-19-11-7-6-8-12-19/h6-8,10-12,20H,9,15-16H2,1-5H3. The van der Waals surface area contributed by atoms with E-state index in [4.69, 9.17) is 4.74 Å². The number of carbonyl (C=O) groups excluding carboxylic acids is 1. The molecule has 0 spiro atoms. The summed E-state index contributed by atoms with van der Waals surface area (Å²) in [5.74, 6) is 5.94. The number of rotatable bonds is 6. The largest absolute Gasteiger partial charge is 0.449 e. The number of benzene rings is 1. The van der Waals surface area contributed by atoms with Gasteiger partial charge in [-0.2, -0.15) is 0 Å². The van der Waals surface area contributed by atoms with Crippen molar-refractivity contribution in [2.45, 2.75) is 60.0 Å². The molecule has 0 fully saturated rings. The highest BCUT2D eigenvalue weighted by Crippen LogP contribution is 2.29. The predicted molar refractivity (Wildman–Crippen MR) is 95.9 cm³/mol. The normalized spacial score (nSPS) is 11.9. The number of allylic oxidation sites excluding steroid dienone is 2. The van der Waals surface area contributed by atoms with Gasteiger partial charge < -0.3 is 4.74 Å². The van der Waals surface area contributed by atoms with E-state index in [1.54, 1.807) is 0 Å². The molecule has 23 heavy (non-hydrogen) atoms. The molecule has 0 bridgehead atoms. The second-order valence-electron chi connectivity index (χ2n) is 6.92. The minimum atomic E-state index is -0.366. The maximum Gasteiger partial charge on any atom is 0.303 e. The van der Waals surface area contributed by atoms with Gasteiger partial charge in [-0.25, -0.2) is 0 Å². The minimum absolute atomic E-state index is 0.0669. The summed E-state index contributed by atoms with van der Waals surface area (Å²) in [5, 5.41) is 0. The molecule has 1 rings (SSSR count). The van der Waals surface area contributed by atoms with E-state index in [2.05, 4.69) is 45.6 Å². The van der Waals surface area contributed by atoms with Crippen LogP contribution in [0.2, 0.25) is 0 Å². The molecule has 0 saturated heterocycles. The minimum Gasteiger partial charge on any atom is -0.449 e. The van der Waals surface area contributed by atoms with E-state index in [9.17, 15) is 4.79 Å². The van der Waals surface area contributed by atoms with Crippen molar-refractivity contribution >= 4 is 5.97 Å². The first-order valence-electron chi connectivity index (χ1n) is 8.16. The summed E-state index contributed by atoms with van der Waals surface area (Å²) in [6, 6.07) is 9.78. The average Bonchev–Trinajstić information content (AvgIpc) is 2.44. The molecule has 0 aliphatic carbocycles. The van der Waals surface area contributed by atoms with Gasteiger partial charge in [0.2, 0.25) is 0 Å². The molecule has 1 atom stereocenters. The second kappa shape index (κ2) is 9.20. The van der Waals surface area contributed by atoms with Gasteiger partial charge >= 0.3 is 5.97 Å². The van der Waals surface area contributed by atoms with Crippen LogP contribution in [0.1, 0.15) is 59.4 Å². The molecule has 0 heterocycles. The van der Waals surface area contributed by atoms with Crippen molar-refractivity contribution < 1.29 is 9.53 Å². The van der Waals surface area contributed by atoms with Crippen LogP contribution in [0.4, 0.5) is 0 Å². The Hall–Kier alpha value is -2.01. The van der Waals surface area contributed by atoms with Gasteiger partial charge in [0.05, 0.1) is 0 Å². The topological polar surface area (TPSA) is 26.3 Å². The van der Waals surface area contributed by atoms with E-state index < -0.39 is 0 Å². The highest BCUT2D eigenvalue weighted by atomic mass is 16.5. The van der Waals surface area contributed by atoms with E-state index in [-0.39, 0.29) is 17.5 Å². The monoisotopic (exact) mass is 312 g/mol. The van der Waals surface area contributed by atoms with Gasteiger partial charge in [0.25, 0.3) is 0 Å². The zero-order valence-corrected chi connectivity index (χ0v) is 15.0. The Kier molecular flexibility index (Phi) is 7.62. The fourth-order valence-corrected chi connectivity index (χ4v) is 2.36. The molecule has 0 aliphatic heterocycles. The third-order valence-corrected chi connectivity index (χ3v) is 3.57. The first kappa shape index (κ1) is 19.0. The predicted octanol–water partition coefficient (Wildman–Crippen LogP) is 5.13. The maximum absolute atomic E-state index is 11.4. The maximum atomic E-state index is 11.4. The molecule has 0 amide bonds. The molecule has 1 aromatic carbocycles. The number of esters is 1. The molecule has 0 saturated carbocycles. The molecule has 0 radical (unpaired) electrons. The fraction of sp³-hybridized carbons (Fsp3) is 0.476. The number of hydrogen-bond donors (Lipinski definition) is 0. The summed E-state index contributed by atoms with van der Waals surface area (Å²) in [6.45, 7) is 10.1. The number of carbonyl (C=O) groups is 1. The zero-order chi connectivity index (χ0) is 17.3. The van der Waals surface area contributed by atoms with Gasteiger partial charge in [-0.15, -0.1) is 0 Å². The van der Waals surface area contributed by atoms with Crippen molar-refractivity contribution in [3.05, 3.63) is 47.5 Å². The Morgan fingerprint density at radius 1 is 1.22 bits per heavy atom. The summed E-state index contributed by atoms with van der Waals surface area (Å²) in [4.78, 5) is 11.4. The smallest absolute Gasteiger partial charge is 0.303 e. The van der Waals surface area contributed by atoms with Gasteiger partial charge in [0.1, 0.15) is 0 Å². The summed E-state index contributed by atoms with van der Waals surface area (Å²) >= 11 is 0. The van der Waals surface area contributed by atoms with Crippen molar-refractivity contribution in [2.24, 2.45) is 5.41 Å². The lowest BCUT2D eigenvalue weighted by Crippen LogP contribution is -2.23. The Bertz CT molecular complexity index is 581. The van der Waals surface area contributed by atoms with E-state index in [1.807, 2.05) is 30.3 Å². The summed E-state index contributed by atoms with van der Waals surface area (Å²) in [7, 11) is 0. The average molecular weight is 312 g/mol. The van der Waals surface area contributed by atoms with E-state index in [1.165, 1.54) is 12.5 Å². The first-order chi connectivity index (χ1) is 10.8. The molecular formula is C21H28O2. The Balaban J connectivity index is 2.76. The van der Waals surface area contributed by atoms with Crippen molar-refractivity contribution in [1.29, 1.82) is 0 Å². The molecule has 1 aromatic rings. The summed E-state index contributed by atoms with van der Waals surface area (Å²) in [6.07, 6.45) is 4.70. The molecule has 0 aliphatic rings. The van der Waals surface area contributed by atoms with E-state index in [0.29, 0.717) is 0 Å². The van der Waals surface area contributed by atoms with Gasteiger partial charge in [0.15, 0.2) is 6.10 Å². The van der Waals surface area contributed by atoms with Crippen LogP contribution in [0, 0.1) is 17.3 Å². The fourth-order valence-electron chi connectivity index (χ4n) is 2.36. The quantitative estimate of drug-likeness (QED) is 0.413. The molecule has 124 valence electrons. The molecule has 1 unspecified atom stereocenters. The molecular weight excluding hydrogens is 284 g/mol. The lowest BCUT2D eigenvalue weighted by atomic mass is 9.82. The SMILES string of the molecule is CC(=O)OC(C#Cc1ccccc1)CC(C)(C)CCC=C(C)C. The first-order valence-corrected chi connectivity index (χ1v) is 8.16. The lowest BCUT2D eigenvalue weighted by molar-refractivity contribution is -0.144. The van der Waals surface area contributed by atoms with Crippen LogP contribution < -0.4 is 0 Å². The number of ether oxygens (including phenoxy) is 1. The molecule has 2 heteroatoms. The Labute approximate surface area is 140 Å². The van der Waals surface area contributed by atoms with Gasteiger partial charge in [0, 0.05) is 18.9 Å². The van der Waals surface area contributed by atoms with Crippen LogP contribution in [0.15, 0.2) is 42.0 Å². The van der Waals surface area contributed by atoms with Crippen LogP contribution in [0.5, 0.6) is 0 Å². The molecule has 2 nitrogen and oxygen atoms in total. The van der Waals surface area contributed by atoms with E-state index in [0.717, 1.165) is 24.8 Å². The van der Waals surface area contributed by atoms with Crippen LogP contribution >= 0.6 is 0 Å². The molecule has 0 N–H and O–H groups in total. The van der Waals surface area contributed by atoms with Crippen molar-refractivity contribution in [2.75, 3.05) is 0 Å². The highest BCUT2D eigenvalue weighted by molar-refractivity contribution is 5.66.